The molecule has 30 heavy (non-hydrogen) atoms. The zero-order valence-electron chi connectivity index (χ0n) is 16.2. The molecule has 0 atom stereocenters. The Bertz CT molecular complexity index is 1220. The van der Waals surface area contributed by atoms with Crippen molar-refractivity contribution in [2.24, 2.45) is 0 Å². The van der Waals surface area contributed by atoms with E-state index in [1.54, 1.807) is 0 Å². The zero-order valence-corrected chi connectivity index (χ0v) is 16.2. The minimum absolute atomic E-state index is 0.470. The summed E-state index contributed by atoms with van der Waals surface area (Å²) in [6, 6.07) is 24.4. The van der Waals surface area contributed by atoms with E-state index in [9.17, 15) is 0 Å². The monoisotopic (exact) mass is 390 g/mol. The van der Waals surface area contributed by atoms with E-state index < -0.39 is 0 Å². The summed E-state index contributed by atoms with van der Waals surface area (Å²) in [5.41, 5.74) is 5.99. The first-order chi connectivity index (χ1) is 14.9. The maximum absolute atomic E-state index is 6.10. The van der Waals surface area contributed by atoms with Gasteiger partial charge in [-0.1, -0.05) is 60.7 Å². The fraction of sp³-hybridized carbons (Fsp3) is 0.0769. The van der Waals surface area contributed by atoms with Crippen LogP contribution in [0.15, 0.2) is 72.8 Å². The number of nitrogens with zero attached hydrogens (tertiary/aromatic N) is 2. The highest BCUT2D eigenvalue weighted by atomic mass is 16.5. The van der Waals surface area contributed by atoms with Gasteiger partial charge in [-0.2, -0.15) is 0 Å². The third-order valence-electron chi connectivity index (χ3n) is 5.51. The van der Waals surface area contributed by atoms with E-state index in [1.165, 1.54) is 0 Å². The first-order valence-electron chi connectivity index (χ1n) is 9.98. The van der Waals surface area contributed by atoms with Crippen LogP contribution in [0.3, 0.4) is 0 Å². The van der Waals surface area contributed by atoms with Gasteiger partial charge in [0.15, 0.2) is 0 Å². The van der Waals surface area contributed by atoms with Gasteiger partial charge in [-0.3, -0.25) is 0 Å². The Morgan fingerprint density at radius 2 is 1.00 bits per heavy atom. The van der Waals surface area contributed by atoms with Gasteiger partial charge in [0.25, 0.3) is 0 Å². The summed E-state index contributed by atoms with van der Waals surface area (Å²) < 4.78 is 12.2. The molecule has 0 saturated heterocycles. The Kier molecular flexibility index (Phi) is 3.88. The number of hydrogen-bond acceptors (Lipinski definition) is 4. The minimum Gasteiger partial charge on any atom is -0.488 e. The van der Waals surface area contributed by atoms with Gasteiger partial charge in [0.05, 0.1) is 10.8 Å². The van der Waals surface area contributed by atoms with Crippen molar-refractivity contribution in [3.8, 4) is 11.5 Å². The molecular weight excluding hydrogens is 372 g/mol. The standard InChI is InChI=1S/C26H18N2O2/c1-3-7-17(8-4-1)13-19-15-29-21-11-12-22-24-23(21)25(19)27-28-26(24)20(16-30-22)14-18-9-5-2-6-10-18/h1-14H,15-16H2. The first kappa shape index (κ1) is 17.0. The smallest absolute Gasteiger partial charge is 0.130 e. The fourth-order valence-corrected chi connectivity index (χ4v) is 4.09. The Labute approximate surface area is 174 Å². The number of benzene rings is 3. The van der Waals surface area contributed by atoms with Gasteiger partial charge in [0.2, 0.25) is 0 Å². The topological polar surface area (TPSA) is 44.2 Å². The summed E-state index contributed by atoms with van der Waals surface area (Å²) >= 11 is 0. The van der Waals surface area contributed by atoms with E-state index in [0.717, 1.165) is 55.9 Å². The van der Waals surface area contributed by atoms with Gasteiger partial charge in [-0.25, -0.2) is 0 Å². The normalized spacial score (nSPS) is 17.1. The van der Waals surface area contributed by atoms with Crippen LogP contribution in [0.4, 0.5) is 0 Å². The summed E-state index contributed by atoms with van der Waals surface area (Å²) in [5, 5.41) is 11.3. The van der Waals surface area contributed by atoms with Gasteiger partial charge < -0.3 is 9.47 Å². The molecular formula is C26H18N2O2. The molecule has 4 heteroatoms. The number of aromatic nitrogens is 2. The molecule has 3 aromatic carbocycles. The van der Waals surface area contributed by atoms with Gasteiger partial charge >= 0.3 is 0 Å². The molecule has 0 fully saturated rings. The van der Waals surface area contributed by atoms with Crippen LogP contribution in [0.5, 0.6) is 11.5 Å². The third-order valence-corrected chi connectivity index (χ3v) is 5.51. The quantitative estimate of drug-likeness (QED) is 0.454. The summed E-state index contributed by atoms with van der Waals surface area (Å²) in [6.07, 6.45) is 4.23. The van der Waals surface area contributed by atoms with Gasteiger partial charge in [-0.15, -0.1) is 10.2 Å². The van der Waals surface area contributed by atoms with Crippen LogP contribution in [0, 0.1) is 0 Å². The lowest BCUT2D eigenvalue weighted by molar-refractivity contribution is 0.359. The van der Waals surface area contributed by atoms with Crippen LogP contribution in [-0.2, 0) is 0 Å². The lowest BCUT2D eigenvalue weighted by atomic mass is 9.95. The first-order valence-corrected chi connectivity index (χ1v) is 9.98. The van der Waals surface area contributed by atoms with E-state index in [1.807, 2.05) is 48.5 Å². The van der Waals surface area contributed by atoms with Gasteiger partial charge in [-0.05, 0) is 35.4 Å². The molecule has 2 aliphatic heterocycles. The molecule has 0 N–H and O–H groups in total. The summed E-state index contributed by atoms with van der Waals surface area (Å²) in [5.74, 6) is 1.66. The van der Waals surface area contributed by atoms with Crippen LogP contribution < -0.4 is 9.47 Å². The van der Waals surface area contributed by atoms with Crippen LogP contribution in [-0.4, -0.2) is 23.4 Å². The van der Waals surface area contributed by atoms with E-state index in [4.69, 9.17) is 9.47 Å². The lowest BCUT2D eigenvalue weighted by Gasteiger charge is -2.25. The molecule has 3 heterocycles. The molecule has 0 saturated carbocycles. The molecule has 144 valence electrons. The Morgan fingerprint density at radius 1 is 0.567 bits per heavy atom. The molecule has 4 aromatic rings. The molecule has 1 aromatic heterocycles. The van der Waals surface area contributed by atoms with Crippen molar-refractivity contribution in [3.63, 3.8) is 0 Å². The molecule has 4 nitrogen and oxygen atoms in total. The molecule has 0 amide bonds. The van der Waals surface area contributed by atoms with Crippen LogP contribution >= 0.6 is 0 Å². The SMILES string of the molecule is C(=C1COc2ccc3c4c(nnc1c24)C(=Cc1ccccc1)CO3)c1ccccc1. The second-order valence-electron chi connectivity index (χ2n) is 7.45. The molecule has 0 bridgehead atoms. The molecule has 0 spiro atoms. The predicted octanol–water partition coefficient (Wildman–Crippen LogP) is 5.50. The second-order valence-corrected chi connectivity index (χ2v) is 7.45. The minimum atomic E-state index is 0.470. The van der Waals surface area contributed by atoms with Crippen molar-refractivity contribution in [3.05, 3.63) is 95.3 Å². The zero-order chi connectivity index (χ0) is 19.9. The maximum Gasteiger partial charge on any atom is 0.130 e. The van der Waals surface area contributed by atoms with Crippen molar-refractivity contribution in [1.29, 1.82) is 0 Å². The number of rotatable bonds is 2. The lowest BCUT2D eigenvalue weighted by Crippen LogP contribution is -2.16. The fourth-order valence-electron chi connectivity index (χ4n) is 4.09. The largest absolute Gasteiger partial charge is 0.488 e. The predicted molar refractivity (Wildman–Crippen MR) is 119 cm³/mol. The van der Waals surface area contributed by atoms with Crippen LogP contribution in [0.2, 0.25) is 0 Å². The van der Waals surface area contributed by atoms with Crippen LogP contribution in [0.25, 0.3) is 34.1 Å². The molecule has 0 radical (unpaired) electrons. The molecule has 6 rings (SSSR count). The van der Waals surface area contributed by atoms with Crippen LogP contribution in [0.1, 0.15) is 22.5 Å². The summed E-state index contributed by atoms with van der Waals surface area (Å²) in [7, 11) is 0. The van der Waals surface area contributed by atoms with Crippen molar-refractivity contribution in [1.82, 2.24) is 10.2 Å². The second kappa shape index (κ2) is 6.85. The Hall–Kier alpha value is -3.92. The average Bonchev–Trinajstić information content (AvgIpc) is 2.81. The summed E-state index contributed by atoms with van der Waals surface area (Å²) in [6.45, 7) is 0.940. The Morgan fingerprint density at radius 3 is 1.43 bits per heavy atom. The van der Waals surface area contributed by atoms with E-state index in [0.29, 0.717) is 13.2 Å². The summed E-state index contributed by atoms with van der Waals surface area (Å²) in [4.78, 5) is 0. The molecule has 0 unspecified atom stereocenters. The Balaban J connectivity index is 1.56. The van der Waals surface area contributed by atoms with Crippen molar-refractivity contribution < 1.29 is 9.47 Å². The highest BCUT2D eigenvalue weighted by molar-refractivity contribution is 6.09. The van der Waals surface area contributed by atoms with Crippen molar-refractivity contribution >= 4 is 34.1 Å². The average molecular weight is 390 g/mol. The van der Waals surface area contributed by atoms with Gasteiger partial charge in [0.1, 0.15) is 36.1 Å². The van der Waals surface area contributed by atoms with Gasteiger partial charge in [0, 0.05) is 11.1 Å². The highest BCUT2D eigenvalue weighted by Crippen LogP contribution is 2.45. The van der Waals surface area contributed by atoms with Crippen molar-refractivity contribution in [2.45, 2.75) is 0 Å². The maximum atomic E-state index is 6.10. The number of hydrogen-bond donors (Lipinski definition) is 0. The molecule has 2 aliphatic rings. The molecule has 0 aliphatic carbocycles. The third kappa shape index (κ3) is 2.77. The van der Waals surface area contributed by atoms with E-state index in [2.05, 4.69) is 46.6 Å². The van der Waals surface area contributed by atoms with E-state index in [-0.39, 0.29) is 0 Å². The number of ether oxygens (including phenoxy) is 2. The van der Waals surface area contributed by atoms with Crippen molar-refractivity contribution in [2.75, 3.05) is 13.2 Å². The van der Waals surface area contributed by atoms with E-state index >= 15 is 0 Å². The highest BCUT2D eigenvalue weighted by Gasteiger charge is 2.28.